The highest BCUT2D eigenvalue weighted by Gasteiger charge is 2.44. The molecular formula is C11H14NO2+. The molecule has 74 valence electrons. The van der Waals surface area contributed by atoms with Gasteiger partial charge in [0, 0.05) is 18.4 Å². The van der Waals surface area contributed by atoms with Crippen molar-refractivity contribution in [1.82, 2.24) is 0 Å². The molecule has 0 radical (unpaired) electrons. The van der Waals surface area contributed by atoms with Crippen LogP contribution in [0.15, 0.2) is 24.3 Å². The third-order valence-corrected chi connectivity index (χ3v) is 2.77. The Balaban J connectivity index is 2.22. The highest BCUT2D eigenvalue weighted by atomic mass is 16.5. The predicted octanol–water partition coefficient (Wildman–Crippen LogP) is 0.704. The monoisotopic (exact) mass is 192 g/mol. The minimum Gasteiger partial charge on any atom is -0.465 e. The van der Waals surface area contributed by atoms with Crippen LogP contribution in [-0.4, -0.2) is 13.1 Å². The molecule has 0 atom stereocenters. The van der Waals surface area contributed by atoms with Gasteiger partial charge in [0.15, 0.2) is 0 Å². The molecule has 14 heavy (non-hydrogen) atoms. The van der Waals surface area contributed by atoms with Crippen LogP contribution >= 0.6 is 0 Å². The molecule has 0 amide bonds. The normalized spacial score (nSPS) is 17.6. The molecule has 1 saturated carbocycles. The van der Waals surface area contributed by atoms with Crippen molar-refractivity contribution in [2.75, 3.05) is 7.11 Å². The number of methoxy groups -OCH3 is 1. The molecule has 1 aliphatic carbocycles. The third kappa shape index (κ3) is 1.51. The van der Waals surface area contributed by atoms with Crippen LogP contribution in [-0.2, 0) is 10.3 Å². The number of quaternary nitrogens is 1. The molecule has 1 aromatic carbocycles. The van der Waals surface area contributed by atoms with Crippen LogP contribution < -0.4 is 5.73 Å². The van der Waals surface area contributed by atoms with Crippen LogP contribution in [0.5, 0.6) is 0 Å². The van der Waals surface area contributed by atoms with Crippen molar-refractivity contribution in [2.24, 2.45) is 0 Å². The second-order valence-corrected chi connectivity index (χ2v) is 3.85. The second-order valence-electron chi connectivity index (χ2n) is 3.85. The lowest BCUT2D eigenvalue weighted by Crippen LogP contribution is -2.61. The van der Waals surface area contributed by atoms with Crippen molar-refractivity contribution in [3.05, 3.63) is 35.4 Å². The topological polar surface area (TPSA) is 53.9 Å². The van der Waals surface area contributed by atoms with Gasteiger partial charge in [-0.15, -0.1) is 0 Å². The maximum Gasteiger partial charge on any atom is 0.337 e. The fraction of sp³-hybridized carbons (Fsp3) is 0.364. The molecular weight excluding hydrogens is 178 g/mol. The quantitative estimate of drug-likeness (QED) is 0.701. The van der Waals surface area contributed by atoms with E-state index in [-0.39, 0.29) is 11.5 Å². The Bertz CT molecular complexity index is 352. The van der Waals surface area contributed by atoms with E-state index >= 15 is 0 Å². The Morgan fingerprint density at radius 3 is 2.36 bits per heavy atom. The third-order valence-electron chi connectivity index (χ3n) is 2.77. The van der Waals surface area contributed by atoms with Crippen molar-refractivity contribution in [1.29, 1.82) is 0 Å². The first-order valence-corrected chi connectivity index (χ1v) is 4.70. The maximum atomic E-state index is 11.2. The van der Waals surface area contributed by atoms with Crippen LogP contribution in [0, 0.1) is 0 Å². The molecule has 2 rings (SSSR count). The first-order valence-electron chi connectivity index (χ1n) is 4.70. The van der Waals surface area contributed by atoms with Crippen LogP contribution in [0.25, 0.3) is 0 Å². The highest BCUT2D eigenvalue weighted by molar-refractivity contribution is 5.89. The average Bonchev–Trinajstić information content (AvgIpc) is 2.97. The van der Waals surface area contributed by atoms with Crippen LogP contribution in [0.1, 0.15) is 28.8 Å². The Morgan fingerprint density at radius 2 is 1.93 bits per heavy atom. The Morgan fingerprint density at radius 1 is 1.36 bits per heavy atom. The van der Waals surface area contributed by atoms with Crippen molar-refractivity contribution < 1.29 is 15.3 Å². The summed E-state index contributed by atoms with van der Waals surface area (Å²) in [7, 11) is 1.39. The van der Waals surface area contributed by atoms with E-state index in [0.29, 0.717) is 5.56 Å². The maximum absolute atomic E-state index is 11.2. The first kappa shape index (κ1) is 9.21. The molecule has 0 saturated heterocycles. The summed E-state index contributed by atoms with van der Waals surface area (Å²) in [6.07, 6.45) is 2.29. The smallest absolute Gasteiger partial charge is 0.337 e. The van der Waals surface area contributed by atoms with E-state index in [9.17, 15) is 4.79 Å². The number of carbonyl (C=O) groups excluding carboxylic acids is 1. The summed E-state index contributed by atoms with van der Waals surface area (Å²) >= 11 is 0. The van der Waals surface area contributed by atoms with Gasteiger partial charge in [-0.3, -0.25) is 0 Å². The molecule has 1 aliphatic rings. The van der Waals surface area contributed by atoms with Gasteiger partial charge in [0.25, 0.3) is 0 Å². The van der Waals surface area contributed by atoms with Gasteiger partial charge >= 0.3 is 5.97 Å². The van der Waals surface area contributed by atoms with Crippen molar-refractivity contribution in [3.63, 3.8) is 0 Å². The Kier molecular flexibility index (Phi) is 2.04. The predicted molar refractivity (Wildman–Crippen MR) is 51.6 cm³/mol. The molecule has 3 heteroatoms. The zero-order valence-electron chi connectivity index (χ0n) is 8.25. The summed E-state index contributed by atoms with van der Waals surface area (Å²) in [5.74, 6) is -0.287. The molecule has 3 nitrogen and oxygen atoms in total. The lowest BCUT2D eigenvalue weighted by atomic mass is 10.0. The first-order chi connectivity index (χ1) is 6.65. The fourth-order valence-corrected chi connectivity index (χ4v) is 1.52. The molecule has 0 spiro atoms. The summed E-state index contributed by atoms with van der Waals surface area (Å²) < 4.78 is 4.62. The zero-order valence-corrected chi connectivity index (χ0v) is 8.25. The van der Waals surface area contributed by atoms with E-state index < -0.39 is 0 Å². The van der Waals surface area contributed by atoms with E-state index in [1.54, 1.807) is 12.1 Å². The van der Waals surface area contributed by atoms with Gasteiger partial charge in [-0.25, -0.2) is 4.79 Å². The number of hydrogen-bond acceptors (Lipinski definition) is 2. The molecule has 0 aromatic heterocycles. The fourth-order valence-electron chi connectivity index (χ4n) is 1.52. The average molecular weight is 192 g/mol. The minimum absolute atomic E-state index is 0.120. The lowest BCUT2D eigenvalue weighted by molar-refractivity contribution is -0.446. The summed E-state index contributed by atoms with van der Waals surface area (Å²) in [6.45, 7) is 0. The molecule has 1 fully saturated rings. The molecule has 3 N–H and O–H groups in total. The highest BCUT2D eigenvalue weighted by Crippen LogP contribution is 2.40. The lowest BCUT2D eigenvalue weighted by Gasteiger charge is -2.06. The number of esters is 1. The summed E-state index contributed by atoms with van der Waals surface area (Å²) in [5.41, 5.74) is 6.06. The summed E-state index contributed by atoms with van der Waals surface area (Å²) in [4.78, 5) is 11.2. The Labute approximate surface area is 82.9 Å². The van der Waals surface area contributed by atoms with Gasteiger partial charge in [0.1, 0.15) is 5.54 Å². The van der Waals surface area contributed by atoms with E-state index in [2.05, 4.69) is 10.5 Å². The second kappa shape index (κ2) is 3.10. The number of hydrogen-bond donors (Lipinski definition) is 1. The molecule has 0 heterocycles. The van der Waals surface area contributed by atoms with E-state index in [1.165, 1.54) is 12.7 Å². The van der Waals surface area contributed by atoms with E-state index in [1.807, 2.05) is 12.1 Å². The van der Waals surface area contributed by atoms with Crippen molar-refractivity contribution in [3.8, 4) is 0 Å². The summed E-state index contributed by atoms with van der Waals surface area (Å²) in [6, 6.07) is 7.53. The number of ether oxygens (including phenoxy) is 1. The number of carbonyl (C=O) groups is 1. The van der Waals surface area contributed by atoms with Crippen molar-refractivity contribution in [2.45, 2.75) is 18.4 Å². The van der Waals surface area contributed by atoms with Crippen molar-refractivity contribution >= 4 is 5.97 Å². The van der Waals surface area contributed by atoms with Gasteiger partial charge in [-0.2, -0.15) is 0 Å². The zero-order chi connectivity index (χ0) is 10.2. The number of benzene rings is 1. The van der Waals surface area contributed by atoms with E-state index in [0.717, 1.165) is 12.8 Å². The van der Waals surface area contributed by atoms with Gasteiger partial charge in [-0.1, -0.05) is 12.1 Å². The SMILES string of the molecule is COC(=O)c1ccc(C2([NH3+])CC2)cc1. The van der Waals surface area contributed by atoms with E-state index in [4.69, 9.17) is 0 Å². The molecule has 0 bridgehead atoms. The van der Waals surface area contributed by atoms with Crippen LogP contribution in [0.4, 0.5) is 0 Å². The van der Waals surface area contributed by atoms with Gasteiger partial charge in [0.05, 0.1) is 12.7 Å². The Hall–Kier alpha value is -1.35. The largest absolute Gasteiger partial charge is 0.465 e. The minimum atomic E-state index is -0.287. The molecule has 0 unspecified atom stereocenters. The number of rotatable bonds is 2. The van der Waals surface area contributed by atoms with Crippen LogP contribution in [0.2, 0.25) is 0 Å². The van der Waals surface area contributed by atoms with Gasteiger partial charge < -0.3 is 10.5 Å². The van der Waals surface area contributed by atoms with Crippen LogP contribution in [0.3, 0.4) is 0 Å². The van der Waals surface area contributed by atoms with Gasteiger partial charge in [-0.05, 0) is 12.1 Å². The molecule has 1 aromatic rings. The standard InChI is InChI=1S/C11H13NO2/c1-14-10(13)8-2-4-9(5-3-8)11(12)6-7-11/h2-5H,6-7,12H2,1H3/p+1. The molecule has 0 aliphatic heterocycles. The summed E-state index contributed by atoms with van der Waals surface area (Å²) in [5, 5.41) is 0. The van der Waals surface area contributed by atoms with Gasteiger partial charge in [0.2, 0.25) is 0 Å².